The fourth-order valence-corrected chi connectivity index (χ4v) is 3.02. The maximum atomic E-state index is 14.0. The number of benzene rings is 1. The molecule has 1 N–H and O–H groups in total. The highest BCUT2D eigenvalue weighted by atomic mass is 35.5. The first-order chi connectivity index (χ1) is 14.0. The van der Waals surface area contributed by atoms with Gasteiger partial charge in [0.05, 0.1) is 39.9 Å². The van der Waals surface area contributed by atoms with Crippen LogP contribution in [0, 0.1) is 49.9 Å². The number of aromatic nitrogens is 4. The standard InChI is InChI=1S/C18H15ClF5N5O/c1-7-11(19)5-28(26-7)6-12(30)25-18-8(2)27-29(9(18)3)4-10-13(20)15(22)17(24)16(23)14(10)21/h5H,4,6H2,1-3H3,(H,25,30). The van der Waals surface area contributed by atoms with Gasteiger partial charge in [-0.15, -0.1) is 0 Å². The van der Waals surface area contributed by atoms with Crippen LogP contribution < -0.4 is 5.32 Å². The molecule has 3 rings (SSSR count). The molecule has 3 aromatic rings. The highest BCUT2D eigenvalue weighted by molar-refractivity contribution is 6.31. The summed E-state index contributed by atoms with van der Waals surface area (Å²) >= 11 is 5.89. The number of carbonyl (C=O) groups is 1. The molecule has 0 aliphatic heterocycles. The maximum absolute atomic E-state index is 14.0. The van der Waals surface area contributed by atoms with Crippen LogP contribution in [0.5, 0.6) is 0 Å². The molecule has 0 saturated carbocycles. The van der Waals surface area contributed by atoms with E-state index in [0.29, 0.717) is 16.4 Å². The number of anilines is 1. The summed E-state index contributed by atoms with van der Waals surface area (Å²) in [6, 6.07) is 0. The van der Waals surface area contributed by atoms with Gasteiger partial charge in [-0.1, -0.05) is 11.6 Å². The molecule has 0 fully saturated rings. The Bertz CT molecular complexity index is 1110. The second-order valence-electron chi connectivity index (χ2n) is 6.56. The summed E-state index contributed by atoms with van der Waals surface area (Å²) in [6.45, 7) is 3.80. The smallest absolute Gasteiger partial charge is 0.246 e. The van der Waals surface area contributed by atoms with Gasteiger partial charge in [0.15, 0.2) is 23.3 Å². The lowest BCUT2D eigenvalue weighted by Crippen LogP contribution is -2.20. The predicted molar refractivity (Wildman–Crippen MR) is 97.6 cm³/mol. The lowest BCUT2D eigenvalue weighted by molar-refractivity contribution is -0.116. The molecule has 2 heterocycles. The number of nitrogens with one attached hydrogen (secondary N) is 1. The van der Waals surface area contributed by atoms with Gasteiger partial charge < -0.3 is 5.32 Å². The molecule has 160 valence electrons. The molecule has 30 heavy (non-hydrogen) atoms. The van der Waals surface area contributed by atoms with Gasteiger partial charge in [-0.2, -0.15) is 10.2 Å². The summed E-state index contributed by atoms with van der Waals surface area (Å²) in [6.07, 6.45) is 1.47. The zero-order valence-electron chi connectivity index (χ0n) is 16.0. The van der Waals surface area contributed by atoms with Crippen molar-refractivity contribution in [1.82, 2.24) is 19.6 Å². The third kappa shape index (κ3) is 3.89. The fourth-order valence-electron chi connectivity index (χ4n) is 2.87. The molecule has 12 heteroatoms. The van der Waals surface area contributed by atoms with Crippen LogP contribution in [0.2, 0.25) is 5.02 Å². The molecule has 0 unspecified atom stereocenters. The second kappa shape index (κ2) is 8.05. The Morgan fingerprint density at radius 3 is 2.07 bits per heavy atom. The van der Waals surface area contributed by atoms with Crippen molar-refractivity contribution < 1.29 is 26.7 Å². The lowest BCUT2D eigenvalue weighted by atomic mass is 10.1. The van der Waals surface area contributed by atoms with Crippen LogP contribution >= 0.6 is 11.6 Å². The highest BCUT2D eigenvalue weighted by Gasteiger charge is 2.27. The third-order valence-corrected chi connectivity index (χ3v) is 4.82. The van der Waals surface area contributed by atoms with Gasteiger partial charge in [-0.05, 0) is 20.8 Å². The van der Waals surface area contributed by atoms with E-state index in [4.69, 9.17) is 11.6 Å². The molecular weight excluding hydrogens is 433 g/mol. The topological polar surface area (TPSA) is 64.7 Å². The first kappa shape index (κ1) is 21.8. The molecule has 0 radical (unpaired) electrons. The van der Waals surface area contributed by atoms with Crippen LogP contribution in [-0.4, -0.2) is 25.5 Å². The van der Waals surface area contributed by atoms with Crippen molar-refractivity contribution in [2.75, 3.05) is 5.32 Å². The van der Waals surface area contributed by atoms with Crippen LogP contribution in [0.1, 0.15) is 22.6 Å². The van der Waals surface area contributed by atoms with Crippen molar-refractivity contribution in [2.24, 2.45) is 0 Å². The molecular formula is C18H15ClF5N5O. The van der Waals surface area contributed by atoms with Crippen molar-refractivity contribution >= 4 is 23.2 Å². The van der Waals surface area contributed by atoms with Crippen LogP contribution in [0.3, 0.4) is 0 Å². The molecule has 0 atom stereocenters. The maximum Gasteiger partial charge on any atom is 0.246 e. The van der Waals surface area contributed by atoms with Gasteiger partial charge in [0.25, 0.3) is 0 Å². The zero-order valence-corrected chi connectivity index (χ0v) is 16.7. The third-order valence-electron chi connectivity index (χ3n) is 4.45. The fraction of sp³-hybridized carbons (Fsp3) is 0.278. The number of rotatable bonds is 5. The number of aryl methyl sites for hydroxylation is 2. The van der Waals surface area contributed by atoms with E-state index < -0.39 is 47.1 Å². The van der Waals surface area contributed by atoms with Crippen LogP contribution in [0.15, 0.2) is 6.20 Å². The average molecular weight is 448 g/mol. The van der Waals surface area contributed by atoms with E-state index in [1.165, 1.54) is 24.7 Å². The van der Waals surface area contributed by atoms with Crippen molar-refractivity contribution in [3.63, 3.8) is 0 Å². The minimum Gasteiger partial charge on any atom is -0.321 e. The first-order valence-electron chi connectivity index (χ1n) is 8.55. The Hall–Kier alpha value is -2.95. The van der Waals surface area contributed by atoms with Gasteiger partial charge in [0.2, 0.25) is 11.7 Å². The normalized spacial score (nSPS) is 11.2. The van der Waals surface area contributed by atoms with Gasteiger partial charge in [0, 0.05) is 6.20 Å². The monoisotopic (exact) mass is 447 g/mol. The minimum atomic E-state index is -2.23. The number of amides is 1. The molecule has 0 bridgehead atoms. The van der Waals surface area contributed by atoms with E-state index in [1.54, 1.807) is 6.92 Å². The number of hydrogen-bond donors (Lipinski definition) is 1. The van der Waals surface area contributed by atoms with Gasteiger partial charge in [0.1, 0.15) is 6.54 Å². The van der Waals surface area contributed by atoms with E-state index in [9.17, 15) is 26.7 Å². The van der Waals surface area contributed by atoms with Crippen molar-refractivity contribution in [3.05, 3.63) is 63.0 Å². The van der Waals surface area contributed by atoms with Gasteiger partial charge in [-0.25, -0.2) is 22.0 Å². The Morgan fingerprint density at radius 2 is 1.53 bits per heavy atom. The van der Waals surface area contributed by atoms with E-state index >= 15 is 0 Å². The molecule has 1 aromatic carbocycles. The summed E-state index contributed by atoms with van der Waals surface area (Å²) in [7, 11) is 0. The number of halogens is 6. The molecule has 2 aromatic heterocycles. The summed E-state index contributed by atoms with van der Waals surface area (Å²) in [5, 5.41) is 11.1. The van der Waals surface area contributed by atoms with Gasteiger partial charge in [-0.3, -0.25) is 14.2 Å². The van der Waals surface area contributed by atoms with Crippen molar-refractivity contribution in [2.45, 2.75) is 33.9 Å². The molecule has 1 amide bonds. The van der Waals surface area contributed by atoms with Crippen molar-refractivity contribution in [3.8, 4) is 0 Å². The SMILES string of the molecule is Cc1nn(CC(=O)Nc2c(C)nn(Cc3c(F)c(F)c(F)c(F)c3F)c2C)cc1Cl. The van der Waals surface area contributed by atoms with Crippen LogP contribution in [0.25, 0.3) is 0 Å². The minimum absolute atomic E-state index is 0.157. The summed E-state index contributed by atoms with van der Waals surface area (Å²) in [5.74, 6) is -10.6. The largest absolute Gasteiger partial charge is 0.321 e. The summed E-state index contributed by atoms with van der Waals surface area (Å²) in [5.41, 5.74) is 0.321. The van der Waals surface area contributed by atoms with Crippen LogP contribution in [-0.2, 0) is 17.9 Å². The quantitative estimate of drug-likeness (QED) is 0.365. The second-order valence-corrected chi connectivity index (χ2v) is 6.97. The average Bonchev–Trinajstić information content (AvgIpc) is 3.14. The molecule has 0 aliphatic rings. The predicted octanol–water partition coefficient (Wildman–Crippen LogP) is 4.04. The van der Waals surface area contributed by atoms with Crippen molar-refractivity contribution in [1.29, 1.82) is 0 Å². The Balaban J connectivity index is 1.85. The Kier molecular flexibility index (Phi) is 5.84. The van der Waals surface area contributed by atoms with Gasteiger partial charge >= 0.3 is 0 Å². The molecule has 0 aliphatic carbocycles. The number of nitrogens with zero attached hydrogens (tertiary/aromatic N) is 4. The lowest BCUT2D eigenvalue weighted by Gasteiger charge is -2.10. The highest BCUT2D eigenvalue weighted by Crippen LogP contribution is 2.26. The van der Waals surface area contributed by atoms with E-state index in [0.717, 1.165) is 4.68 Å². The molecule has 0 saturated heterocycles. The molecule has 6 nitrogen and oxygen atoms in total. The van der Waals surface area contributed by atoms with E-state index in [2.05, 4.69) is 15.5 Å². The summed E-state index contributed by atoms with van der Waals surface area (Å²) in [4.78, 5) is 12.3. The molecule has 0 spiro atoms. The number of carbonyl (C=O) groups excluding carboxylic acids is 1. The first-order valence-corrected chi connectivity index (χ1v) is 8.92. The number of hydrogen-bond acceptors (Lipinski definition) is 3. The summed E-state index contributed by atoms with van der Waals surface area (Å²) < 4.78 is 70.4. The Labute approximate surface area is 172 Å². The zero-order chi connectivity index (χ0) is 22.3. The Morgan fingerprint density at radius 1 is 0.967 bits per heavy atom. The van der Waals surface area contributed by atoms with Crippen LogP contribution in [0.4, 0.5) is 27.6 Å². The van der Waals surface area contributed by atoms with E-state index in [-0.39, 0.29) is 17.9 Å². The van der Waals surface area contributed by atoms with E-state index in [1.807, 2.05) is 0 Å².